The fourth-order valence-corrected chi connectivity index (χ4v) is 3.84. The molecule has 0 radical (unpaired) electrons. The molecule has 0 saturated carbocycles. The molecule has 0 saturated heterocycles. The second-order valence-electron chi connectivity index (χ2n) is 6.20. The Bertz CT molecular complexity index is 737. The molecule has 0 aliphatic heterocycles. The summed E-state index contributed by atoms with van der Waals surface area (Å²) in [5, 5.41) is 0. The first kappa shape index (κ1) is 17.5. The van der Waals surface area contributed by atoms with E-state index in [4.69, 9.17) is 0 Å². The van der Waals surface area contributed by atoms with Crippen LogP contribution in [0, 0.1) is 6.92 Å². The van der Waals surface area contributed by atoms with Crippen LogP contribution in [0.1, 0.15) is 42.9 Å². The van der Waals surface area contributed by atoms with Crippen LogP contribution in [-0.2, 0) is 16.4 Å². The molecule has 0 heterocycles. The molecular weight excluding hydrogens is 306 g/mol. The van der Waals surface area contributed by atoms with Crippen molar-refractivity contribution >= 4 is 15.7 Å². The highest BCUT2D eigenvalue weighted by Gasteiger charge is 2.16. The van der Waals surface area contributed by atoms with Gasteiger partial charge in [0.05, 0.1) is 11.4 Å². The van der Waals surface area contributed by atoms with Crippen molar-refractivity contribution in [3.63, 3.8) is 0 Å². The summed E-state index contributed by atoms with van der Waals surface area (Å²) in [6.45, 7) is 6.08. The molecule has 0 aromatic heterocycles. The summed E-state index contributed by atoms with van der Waals surface area (Å²) in [6.07, 6.45) is 1.38. The summed E-state index contributed by atoms with van der Waals surface area (Å²) < 4.78 is 27.6. The van der Waals surface area contributed by atoms with Crippen molar-refractivity contribution in [3.05, 3.63) is 65.2 Å². The quantitative estimate of drug-likeness (QED) is 0.812. The largest absolute Gasteiger partial charge is 0.283 e. The standard InChI is InChI=1S/C19H25NO2S/c1-15(2)18-13-7-9-16(3)19(18)20-23(21,22)14-8-12-17-10-5-4-6-11-17/h4-7,9-11,13,15,20H,8,12,14H2,1-3H3. The molecule has 3 nitrogen and oxygen atoms in total. The Morgan fingerprint density at radius 2 is 1.70 bits per heavy atom. The van der Waals surface area contributed by atoms with Gasteiger partial charge in [0.25, 0.3) is 0 Å². The number of anilines is 1. The van der Waals surface area contributed by atoms with E-state index in [9.17, 15) is 8.42 Å². The summed E-state index contributed by atoms with van der Waals surface area (Å²) in [5.41, 5.74) is 3.91. The molecule has 1 N–H and O–H groups in total. The van der Waals surface area contributed by atoms with Crippen molar-refractivity contribution in [3.8, 4) is 0 Å². The lowest BCUT2D eigenvalue weighted by molar-refractivity contribution is 0.598. The molecule has 4 heteroatoms. The van der Waals surface area contributed by atoms with Crippen LogP contribution in [0.25, 0.3) is 0 Å². The Morgan fingerprint density at radius 3 is 2.35 bits per heavy atom. The average Bonchev–Trinajstić information content (AvgIpc) is 2.50. The fraction of sp³-hybridized carbons (Fsp3) is 0.368. The molecule has 0 aliphatic rings. The van der Waals surface area contributed by atoms with Gasteiger partial charge in [0.2, 0.25) is 10.0 Å². The minimum absolute atomic E-state index is 0.133. The fourth-order valence-electron chi connectivity index (χ4n) is 2.63. The zero-order chi connectivity index (χ0) is 16.9. The van der Waals surface area contributed by atoms with Crippen LogP contribution in [0.3, 0.4) is 0 Å². The first-order valence-electron chi connectivity index (χ1n) is 8.03. The number of nitrogens with one attached hydrogen (secondary N) is 1. The van der Waals surface area contributed by atoms with Crippen molar-refractivity contribution in [2.24, 2.45) is 0 Å². The van der Waals surface area contributed by atoms with E-state index < -0.39 is 10.0 Å². The predicted molar refractivity (Wildman–Crippen MR) is 97.4 cm³/mol. The van der Waals surface area contributed by atoms with Crippen molar-refractivity contribution in [1.29, 1.82) is 0 Å². The molecule has 124 valence electrons. The first-order chi connectivity index (χ1) is 10.9. The maximum Gasteiger partial charge on any atom is 0.232 e. The van der Waals surface area contributed by atoms with Gasteiger partial charge in [-0.3, -0.25) is 4.72 Å². The Morgan fingerprint density at radius 1 is 1.00 bits per heavy atom. The first-order valence-corrected chi connectivity index (χ1v) is 9.68. The summed E-state index contributed by atoms with van der Waals surface area (Å²) in [4.78, 5) is 0. The Kier molecular flexibility index (Phi) is 5.83. The zero-order valence-corrected chi connectivity index (χ0v) is 14.9. The summed E-state index contributed by atoms with van der Waals surface area (Å²) in [6, 6.07) is 15.9. The summed E-state index contributed by atoms with van der Waals surface area (Å²) >= 11 is 0. The maximum atomic E-state index is 12.4. The van der Waals surface area contributed by atoms with E-state index in [-0.39, 0.29) is 11.7 Å². The van der Waals surface area contributed by atoms with Gasteiger partial charge in [-0.1, -0.05) is 62.4 Å². The highest BCUT2D eigenvalue weighted by atomic mass is 32.2. The zero-order valence-electron chi connectivity index (χ0n) is 14.0. The molecule has 0 amide bonds. The number of sulfonamides is 1. The van der Waals surface area contributed by atoms with E-state index in [1.54, 1.807) is 0 Å². The Hall–Kier alpha value is -1.81. The third kappa shape index (κ3) is 5.10. The van der Waals surface area contributed by atoms with E-state index in [2.05, 4.69) is 18.6 Å². The highest BCUT2D eigenvalue weighted by molar-refractivity contribution is 7.92. The molecule has 23 heavy (non-hydrogen) atoms. The number of para-hydroxylation sites is 1. The van der Waals surface area contributed by atoms with Crippen molar-refractivity contribution in [1.82, 2.24) is 0 Å². The van der Waals surface area contributed by atoms with E-state index in [0.29, 0.717) is 6.42 Å². The molecule has 0 fully saturated rings. The number of aryl methyl sites for hydroxylation is 2. The second-order valence-corrected chi connectivity index (χ2v) is 8.05. The third-order valence-corrected chi connectivity index (χ3v) is 5.25. The number of hydrogen-bond acceptors (Lipinski definition) is 2. The molecule has 0 aliphatic carbocycles. The maximum absolute atomic E-state index is 12.4. The van der Waals surface area contributed by atoms with Crippen LogP contribution in [0.2, 0.25) is 0 Å². The molecule has 2 aromatic carbocycles. The van der Waals surface area contributed by atoms with Crippen molar-refractivity contribution in [2.75, 3.05) is 10.5 Å². The number of hydrogen-bond donors (Lipinski definition) is 1. The molecule has 0 atom stereocenters. The van der Waals surface area contributed by atoms with E-state index in [0.717, 1.165) is 23.2 Å². The SMILES string of the molecule is Cc1cccc(C(C)C)c1NS(=O)(=O)CCCc1ccccc1. The predicted octanol–water partition coefficient (Wildman–Crippen LogP) is 4.49. The number of benzene rings is 2. The van der Waals surface area contributed by atoms with Gasteiger partial charge in [0.15, 0.2) is 0 Å². The molecule has 2 aromatic rings. The van der Waals surface area contributed by atoms with Crippen LogP contribution >= 0.6 is 0 Å². The highest BCUT2D eigenvalue weighted by Crippen LogP contribution is 2.28. The van der Waals surface area contributed by atoms with Gasteiger partial charge in [-0.2, -0.15) is 0 Å². The second kappa shape index (κ2) is 7.64. The summed E-state index contributed by atoms with van der Waals surface area (Å²) in [5.74, 6) is 0.408. The lowest BCUT2D eigenvalue weighted by atomic mass is 9.99. The van der Waals surface area contributed by atoms with Gasteiger partial charge < -0.3 is 0 Å². The van der Waals surface area contributed by atoms with Crippen LogP contribution in [0.5, 0.6) is 0 Å². The van der Waals surface area contributed by atoms with E-state index in [1.165, 1.54) is 5.56 Å². The van der Waals surface area contributed by atoms with E-state index in [1.807, 2.05) is 55.5 Å². The van der Waals surface area contributed by atoms with E-state index >= 15 is 0 Å². The Labute approximate surface area is 139 Å². The molecule has 2 rings (SSSR count). The van der Waals surface area contributed by atoms with Gasteiger partial charge in [0.1, 0.15) is 0 Å². The van der Waals surface area contributed by atoms with Gasteiger partial charge in [-0.05, 0) is 42.4 Å². The minimum atomic E-state index is -3.33. The van der Waals surface area contributed by atoms with Gasteiger partial charge in [-0.15, -0.1) is 0 Å². The Balaban J connectivity index is 2.04. The average molecular weight is 331 g/mol. The van der Waals surface area contributed by atoms with Crippen LogP contribution in [0.4, 0.5) is 5.69 Å². The van der Waals surface area contributed by atoms with Crippen molar-refractivity contribution in [2.45, 2.75) is 39.5 Å². The van der Waals surface area contributed by atoms with Crippen LogP contribution in [0.15, 0.2) is 48.5 Å². The molecule has 0 unspecified atom stereocenters. The topological polar surface area (TPSA) is 46.2 Å². The van der Waals surface area contributed by atoms with Crippen LogP contribution < -0.4 is 4.72 Å². The normalized spacial score (nSPS) is 11.7. The number of rotatable bonds is 7. The van der Waals surface area contributed by atoms with Gasteiger partial charge in [-0.25, -0.2) is 8.42 Å². The van der Waals surface area contributed by atoms with Gasteiger partial charge in [0, 0.05) is 0 Å². The molecule has 0 bridgehead atoms. The molecule has 0 spiro atoms. The monoisotopic (exact) mass is 331 g/mol. The summed E-state index contributed by atoms with van der Waals surface area (Å²) in [7, 11) is -3.33. The lowest BCUT2D eigenvalue weighted by Crippen LogP contribution is -2.19. The lowest BCUT2D eigenvalue weighted by Gasteiger charge is -2.17. The third-order valence-electron chi connectivity index (χ3n) is 3.91. The van der Waals surface area contributed by atoms with Crippen LogP contribution in [-0.4, -0.2) is 14.2 Å². The smallest absolute Gasteiger partial charge is 0.232 e. The van der Waals surface area contributed by atoms with Gasteiger partial charge >= 0.3 is 0 Å². The minimum Gasteiger partial charge on any atom is -0.283 e. The molecular formula is C19H25NO2S. The van der Waals surface area contributed by atoms with Crippen molar-refractivity contribution < 1.29 is 8.42 Å².